The van der Waals surface area contributed by atoms with E-state index in [4.69, 9.17) is 11.6 Å². The molecule has 1 N–H and O–H groups in total. The maximum absolute atomic E-state index is 12.5. The Morgan fingerprint density at radius 1 is 1.17 bits per heavy atom. The minimum atomic E-state index is -0.365. The fourth-order valence-electron chi connectivity index (χ4n) is 2.67. The third kappa shape index (κ3) is 5.68. The number of carbonyl (C=O) groups excluding carboxylic acids is 1. The van der Waals surface area contributed by atoms with Gasteiger partial charge in [0, 0.05) is 22.5 Å². The Kier molecular flexibility index (Phi) is 7.64. The van der Waals surface area contributed by atoms with Gasteiger partial charge in [0.2, 0.25) is 5.91 Å². The summed E-state index contributed by atoms with van der Waals surface area (Å²) in [4.78, 5) is 25.9. The molecule has 5 nitrogen and oxygen atoms in total. The van der Waals surface area contributed by atoms with E-state index in [1.54, 1.807) is 30.0 Å². The third-order valence-corrected chi connectivity index (χ3v) is 6.65. The summed E-state index contributed by atoms with van der Waals surface area (Å²) in [6.07, 6.45) is 2.03. The van der Waals surface area contributed by atoms with Crippen LogP contribution in [-0.4, -0.2) is 27.2 Å². The predicted octanol–water partition coefficient (Wildman–Crippen LogP) is 4.71. The summed E-state index contributed by atoms with van der Waals surface area (Å²) in [5.74, 6) is -0.0909. The molecule has 0 aliphatic rings. The molecule has 156 valence electrons. The van der Waals surface area contributed by atoms with Gasteiger partial charge in [-0.1, -0.05) is 41.6 Å². The second-order valence-corrected chi connectivity index (χ2v) is 9.33. The van der Waals surface area contributed by atoms with Gasteiger partial charge >= 0.3 is 0 Å². The van der Waals surface area contributed by atoms with Crippen molar-refractivity contribution in [3.05, 3.63) is 81.1 Å². The third-order valence-electron chi connectivity index (χ3n) is 4.47. The molecule has 3 rings (SSSR count). The van der Waals surface area contributed by atoms with E-state index in [-0.39, 0.29) is 16.7 Å². The lowest BCUT2D eigenvalue weighted by molar-refractivity contribution is -0.120. The number of halogens is 1. The monoisotopic (exact) mass is 459 g/mol. The zero-order valence-corrected chi connectivity index (χ0v) is 19.3. The highest BCUT2D eigenvalue weighted by Crippen LogP contribution is 2.22. The maximum atomic E-state index is 12.5. The number of hydrogen-bond donors (Lipinski definition) is 1. The van der Waals surface area contributed by atoms with E-state index in [0.29, 0.717) is 22.3 Å². The lowest BCUT2D eigenvalue weighted by Crippen LogP contribution is -2.30. The number of aromatic nitrogens is 2. The Hall–Kier alpha value is -2.22. The fourth-order valence-corrected chi connectivity index (χ4v) is 4.08. The average molecular weight is 460 g/mol. The largest absolute Gasteiger partial charge is 0.351 e. The Balaban J connectivity index is 1.66. The summed E-state index contributed by atoms with van der Waals surface area (Å²) >= 11 is 9.16. The standard InChI is InChI=1S/C22H22ClN3O2S2/c1-14-4-7-17(12-19(14)23)26-21(27)11-10-20(25-26)30-15(2)22(28)24-13-16-5-8-18(29-3)9-6-16/h4-12,15H,13H2,1-3H3,(H,24,28). The Labute approximate surface area is 189 Å². The van der Waals surface area contributed by atoms with Gasteiger partial charge in [0.25, 0.3) is 5.56 Å². The minimum absolute atomic E-state index is 0.0909. The van der Waals surface area contributed by atoms with E-state index >= 15 is 0 Å². The molecule has 8 heteroatoms. The lowest BCUT2D eigenvalue weighted by Gasteiger charge is -2.13. The zero-order chi connectivity index (χ0) is 21.7. The van der Waals surface area contributed by atoms with Gasteiger partial charge in [0.1, 0.15) is 5.03 Å². The van der Waals surface area contributed by atoms with Gasteiger partial charge in [0.15, 0.2) is 0 Å². The molecule has 1 heterocycles. The highest BCUT2D eigenvalue weighted by molar-refractivity contribution is 8.00. The number of rotatable bonds is 7. The van der Waals surface area contributed by atoms with Gasteiger partial charge in [-0.3, -0.25) is 9.59 Å². The van der Waals surface area contributed by atoms with Crippen LogP contribution in [0, 0.1) is 6.92 Å². The van der Waals surface area contributed by atoms with Gasteiger partial charge in [-0.2, -0.15) is 9.78 Å². The summed E-state index contributed by atoms with van der Waals surface area (Å²) in [7, 11) is 0. The zero-order valence-electron chi connectivity index (χ0n) is 16.9. The van der Waals surface area contributed by atoms with Crippen molar-refractivity contribution in [2.24, 2.45) is 0 Å². The van der Waals surface area contributed by atoms with Crippen LogP contribution >= 0.6 is 35.1 Å². The maximum Gasteiger partial charge on any atom is 0.271 e. The van der Waals surface area contributed by atoms with E-state index in [0.717, 1.165) is 11.1 Å². The summed E-state index contributed by atoms with van der Waals surface area (Å²) in [6.45, 7) is 4.18. The molecular weight excluding hydrogens is 438 g/mol. The molecule has 0 fully saturated rings. The molecule has 0 bridgehead atoms. The van der Waals surface area contributed by atoms with Crippen LogP contribution in [-0.2, 0) is 11.3 Å². The van der Waals surface area contributed by atoms with Gasteiger partial charge in [-0.05, 0) is 61.6 Å². The van der Waals surface area contributed by atoms with Crippen LogP contribution < -0.4 is 10.9 Å². The van der Waals surface area contributed by atoms with Crippen molar-refractivity contribution in [2.45, 2.75) is 35.6 Å². The van der Waals surface area contributed by atoms with Crippen molar-refractivity contribution in [1.82, 2.24) is 15.1 Å². The van der Waals surface area contributed by atoms with Crippen molar-refractivity contribution in [1.29, 1.82) is 0 Å². The Bertz CT molecular complexity index is 1100. The van der Waals surface area contributed by atoms with Crippen molar-refractivity contribution in [3.8, 4) is 5.69 Å². The van der Waals surface area contributed by atoms with Crippen LogP contribution in [0.1, 0.15) is 18.1 Å². The summed E-state index contributed by atoms with van der Waals surface area (Å²) < 4.78 is 1.30. The highest BCUT2D eigenvalue weighted by atomic mass is 35.5. The van der Waals surface area contributed by atoms with Crippen molar-refractivity contribution >= 4 is 41.0 Å². The van der Waals surface area contributed by atoms with E-state index in [1.165, 1.54) is 27.4 Å². The molecule has 0 saturated carbocycles. The van der Waals surface area contributed by atoms with Crippen molar-refractivity contribution < 1.29 is 4.79 Å². The molecular formula is C22H22ClN3O2S2. The smallest absolute Gasteiger partial charge is 0.271 e. The van der Waals surface area contributed by atoms with Crippen LogP contribution in [0.25, 0.3) is 5.69 Å². The Morgan fingerprint density at radius 2 is 1.90 bits per heavy atom. The first kappa shape index (κ1) is 22.5. The molecule has 2 aromatic carbocycles. The van der Waals surface area contributed by atoms with Crippen molar-refractivity contribution in [2.75, 3.05) is 6.26 Å². The summed E-state index contributed by atoms with van der Waals surface area (Å²) in [6, 6.07) is 16.5. The number of nitrogens with zero attached hydrogens (tertiary/aromatic N) is 2. The van der Waals surface area contributed by atoms with Crippen LogP contribution in [0.3, 0.4) is 0 Å². The molecule has 0 aliphatic heterocycles. The summed E-state index contributed by atoms with van der Waals surface area (Å²) in [5.41, 5.74) is 2.29. The quantitative estimate of drug-likeness (QED) is 0.518. The normalized spacial score (nSPS) is 11.9. The summed E-state index contributed by atoms with van der Waals surface area (Å²) in [5, 5.41) is 8.13. The molecule has 1 atom stereocenters. The number of amides is 1. The molecule has 0 aliphatic carbocycles. The van der Waals surface area contributed by atoms with Gasteiger partial charge < -0.3 is 5.32 Å². The number of thioether (sulfide) groups is 2. The van der Waals surface area contributed by atoms with Gasteiger partial charge in [-0.25, -0.2) is 0 Å². The number of nitrogens with one attached hydrogen (secondary N) is 1. The number of hydrogen-bond acceptors (Lipinski definition) is 5. The molecule has 3 aromatic rings. The molecule has 1 unspecified atom stereocenters. The fraction of sp³-hybridized carbons (Fsp3) is 0.227. The highest BCUT2D eigenvalue weighted by Gasteiger charge is 2.16. The first-order valence-electron chi connectivity index (χ1n) is 9.31. The lowest BCUT2D eigenvalue weighted by atomic mass is 10.2. The second-order valence-electron chi connectivity index (χ2n) is 6.68. The van der Waals surface area contributed by atoms with Crippen LogP contribution in [0.15, 0.2) is 69.3 Å². The molecule has 30 heavy (non-hydrogen) atoms. The predicted molar refractivity (Wildman–Crippen MR) is 125 cm³/mol. The topological polar surface area (TPSA) is 64.0 Å². The van der Waals surface area contributed by atoms with Crippen LogP contribution in [0.4, 0.5) is 0 Å². The molecule has 1 aromatic heterocycles. The first-order valence-corrected chi connectivity index (χ1v) is 11.8. The average Bonchev–Trinajstić information content (AvgIpc) is 2.75. The number of carbonyl (C=O) groups is 1. The van der Waals surface area contributed by atoms with E-state index in [2.05, 4.69) is 10.4 Å². The number of aryl methyl sites for hydroxylation is 1. The molecule has 1 amide bonds. The Morgan fingerprint density at radius 3 is 2.57 bits per heavy atom. The minimum Gasteiger partial charge on any atom is -0.351 e. The van der Waals surface area contributed by atoms with Gasteiger partial charge in [0.05, 0.1) is 10.9 Å². The molecule has 0 saturated heterocycles. The second kappa shape index (κ2) is 10.2. The van der Waals surface area contributed by atoms with E-state index in [9.17, 15) is 9.59 Å². The van der Waals surface area contributed by atoms with E-state index < -0.39 is 0 Å². The number of benzene rings is 2. The van der Waals surface area contributed by atoms with E-state index in [1.807, 2.05) is 50.4 Å². The SMILES string of the molecule is CSc1ccc(CNC(=O)C(C)Sc2ccc(=O)n(-c3ccc(C)c(Cl)c3)n2)cc1. The molecule has 0 radical (unpaired) electrons. The van der Waals surface area contributed by atoms with Crippen LogP contribution in [0.5, 0.6) is 0 Å². The van der Waals surface area contributed by atoms with Crippen LogP contribution in [0.2, 0.25) is 5.02 Å². The first-order chi connectivity index (χ1) is 14.4. The van der Waals surface area contributed by atoms with Gasteiger partial charge in [-0.15, -0.1) is 11.8 Å². The van der Waals surface area contributed by atoms with Crippen molar-refractivity contribution in [3.63, 3.8) is 0 Å². The molecule has 0 spiro atoms.